The number of hydrogen-bond donors (Lipinski definition) is 2. The Hall–Kier alpha value is -2.61. The van der Waals surface area contributed by atoms with Crippen LogP contribution in [0.3, 0.4) is 0 Å². The Morgan fingerprint density at radius 1 is 1.32 bits per heavy atom. The van der Waals surface area contributed by atoms with Gasteiger partial charge in [-0.05, 0) is 65.0 Å². The summed E-state index contributed by atoms with van der Waals surface area (Å²) in [4.78, 5) is 19.8. The maximum Gasteiger partial charge on any atom is 0.269 e. The SMILES string of the molecule is COCCNC(=O)c1cc2c(c(-c3cccc(C#CCN(C)C)c3)n1)[C@H](CCO)N(S(=O)C(C)(C)C)C2. The number of amides is 1. The highest BCUT2D eigenvalue weighted by atomic mass is 32.2. The lowest BCUT2D eigenvalue weighted by Gasteiger charge is -2.30. The molecule has 200 valence electrons. The summed E-state index contributed by atoms with van der Waals surface area (Å²) < 4.78 is 20.0. The molecule has 37 heavy (non-hydrogen) atoms. The largest absolute Gasteiger partial charge is 0.396 e. The fourth-order valence-corrected chi connectivity index (χ4v) is 5.61. The third-order valence-electron chi connectivity index (χ3n) is 5.88. The Morgan fingerprint density at radius 3 is 2.73 bits per heavy atom. The van der Waals surface area contributed by atoms with Crippen molar-refractivity contribution in [3.8, 4) is 23.1 Å². The smallest absolute Gasteiger partial charge is 0.269 e. The summed E-state index contributed by atoms with van der Waals surface area (Å²) in [7, 11) is 4.20. The van der Waals surface area contributed by atoms with Gasteiger partial charge >= 0.3 is 0 Å². The van der Waals surface area contributed by atoms with Crippen molar-refractivity contribution in [3.05, 3.63) is 52.7 Å². The number of fused-ring (bicyclic) bond motifs is 1. The first-order valence-electron chi connectivity index (χ1n) is 12.4. The van der Waals surface area contributed by atoms with E-state index in [1.54, 1.807) is 13.2 Å². The second kappa shape index (κ2) is 12.8. The lowest BCUT2D eigenvalue weighted by molar-refractivity contribution is 0.0932. The third-order valence-corrected chi connectivity index (χ3v) is 7.74. The zero-order valence-corrected chi connectivity index (χ0v) is 23.4. The minimum Gasteiger partial charge on any atom is -0.396 e. The van der Waals surface area contributed by atoms with Crippen LogP contribution in [0.5, 0.6) is 0 Å². The maximum atomic E-state index is 13.5. The van der Waals surface area contributed by atoms with Crippen molar-refractivity contribution in [2.24, 2.45) is 0 Å². The summed E-state index contributed by atoms with van der Waals surface area (Å²) in [6, 6.07) is 9.28. The molecule has 1 aromatic heterocycles. The molecule has 1 aromatic carbocycles. The van der Waals surface area contributed by atoms with Gasteiger partial charge in [0.1, 0.15) is 16.7 Å². The van der Waals surface area contributed by atoms with Crippen LogP contribution in [-0.4, -0.2) is 81.7 Å². The molecule has 1 amide bonds. The van der Waals surface area contributed by atoms with Gasteiger partial charge in [0.15, 0.2) is 0 Å². The first-order chi connectivity index (χ1) is 17.6. The van der Waals surface area contributed by atoms with E-state index in [9.17, 15) is 14.1 Å². The highest BCUT2D eigenvalue weighted by Crippen LogP contribution is 2.44. The Bertz CT molecular complexity index is 1200. The Labute approximate surface area is 223 Å². The van der Waals surface area contributed by atoms with Gasteiger partial charge in [-0.2, -0.15) is 0 Å². The van der Waals surface area contributed by atoms with E-state index in [0.29, 0.717) is 44.0 Å². The van der Waals surface area contributed by atoms with E-state index < -0.39 is 15.7 Å². The number of ether oxygens (including phenoxy) is 1. The number of hydrogen-bond acceptors (Lipinski definition) is 6. The number of pyridine rings is 1. The molecule has 2 heterocycles. The number of carbonyl (C=O) groups is 1. The lowest BCUT2D eigenvalue weighted by atomic mass is 9.95. The Balaban J connectivity index is 2.14. The number of nitrogens with zero attached hydrogens (tertiary/aromatic N) is 3. The Kier molecular flexibility index (Phi) is 9.99. The van der Waals surface area contributed by atoms with Crippen molar-refractivity contribution < 1.29 is 18.8 Å². The van der Waals surface area contributed by atoms with E-state index in [4.69, 9.17) is 9.72 Å². The van der Waals surface area contributed by atoms with E-state index >= 15 is 0 Å². The fourth-order valence-electron chi connectivity index (χ4n) is 4.21. The van der Waals surface area contributed by atoms with Crippen LogP contribution in [0.4, 0.5) is 0 Å². The normalized spacial score (nSPS) is 16.3. The fraction of sp³-hybridized carbons (Fsp3) is 0.500. The molecule has 3 rings (SSSR count). The van der Waals surface area contributed by atoms with E-state index in [-0.39, 0.29) is 18.6 Å². The van der Waals surface area contributed by atoms with Gasteiger partial charge in [0, 0.05) is 43.5 Å². The lowest BCUT2D eigenvalue weighted by Crippen LogP contribution is -2.36. The van der Waals surface area contributed by atoms with Crippen molar-refractivity contribution in [1.82, 2.24) is 19.5 Å². The number of nitrogens with one attached hydrogen (secondary N) is 1. The summed E-state index contributed by atoms with van der Waals surface area (Å²) in [6.45, 7) is 7.56. The predicted molar refractivity (Wildman–Crippen MR) is 147 cm³/mol. The molecule has 0 saturated heterocycles. The summed E-state index contributed by atoms with van der Waals surface area (Å²) in [5.41, 5.74) is 4.40. The molecule has 8 nitrogen and oxygen atoms in total. The molecule has 0 saturated carbocycles. The van der Waals surface area contributed by atoms with Crippen LogP contribution in [0.2, 0.25) is 0 Å². The standard InChI is InChI=1S/C28H38N4O4S/c1-28(2,3)37(35)32-19-22-18-23(27(34)29-13-16-36-6)30-26(25(22)24(32)12-15-33)21-11-7-9-20(17-21)10-8-14-31(4)5/h7,9,11,17-18,24,33H,12-16,19H2,1-6H3,(H,29,34)/t24-,37?/m0/s1. The molecule has 1 aliphatic rings. The number of carbonyl (C=O) groups excluding carboxylic acids is 1. The van der Waals surface area contributed by atoms with E-state index in [1.807, 2.05) is 68.3 Å². The highest BCUT2D eigenvalue weighted by Gasteiger charge is 2.40. The van der Waals surface area contributed by atoms with Crippen LogP contribution in [0.15, 0.2) is 30.3 Å². The molecule has 1 aliphatic heterocycles. The molecular formula is C28H38N4O4S. The van der Waals surface area contributed by atoms with Crippen molar-refractivity contribution in [1.29, 1.82) is 0 Å². The number of aromatic nitrogens is 1. The maximum absolute atomic E-state index is 13.5. The quantitative estimate of drug-likeness (QED) is 0.386. The van der Waals surface area contributed by atoms with Crippen LogP contribution in [0, 0.1) is 11.8 Å². The summed E-state index contributed by atoms with van der Waals surface area (Å²) in [5, 5.41) is 12.8. The van der Waals surface area contributed by atoms with Crippen molar-refractivity contribution in [3.63, 3.8) is 0 Å². The molecule has 0 aliphatic carbocycles. The van der Waals surface area contributed by atoms with Gasteiger partial charge in [-0.25, -0.2) is 13.5 Å². The van der Waals surface area contributed by atoms with Crippen molar-refractivity contribution in [2.45, 2.75) is 44.5 Å². The zero-order valence-electron chi connectivity index (χ0n) is 22.6. The van der Waals surface area contributed by atoms with Crippen molar-refractivity contribution >= 4 is 16.9 Å². The average molecular weight is 527 g/mol. The van der Waals surface area contributed by atoms with Gasteiger partial charge < -0.3 is 15.2 Å². The molecule has 2 atom stereocenters. The molecule has 2 N–H and O–H groups in total. The molecule has 0 bridgehead atoms. The van der Waals surface area contributed by atoms with Crippen molar-refractivity contribution in [2.75, 3.05) is 47.5 Å². The van der Waals surface area contributed by atoms with Gasteiger partial charge in [0.25, 0.3) is 5.91 Å². The number of aliphatic hydroxyl groups excluding tert-OH is 1. The summed E-state index contributed by atoms with van der Waals surface area (Å²) in [6.07, 6.45) is 0.408. The first kappa shape index (κ1) is 29.0. The van der Waals surface area contributed by atoms with Gasteiger partial charge in [-0.1, -0.05) is 24.0 Å². The molecule has 2 aromatic rings. The van der Waals surface area contributed by atoms with Gasteiger partial charge in [0.2, 0.25) is 0 Å². The van der Waals surface area contributed by atoms with Crippen LogP contribution in [0.25, 0.3) is 11.3 Å². The predicted octanol–water partition coefficient (Wildman–Crippen LogP) is 2.74. The monoisotopic (exact) mass is 526 g/mol. The van der Waals surface area contributed by atoms with Crippen LogP contribution >= 0.6 is 0 Å². The molecule has 1 unspecified atom stereocenters. The number of rotatable bonds is 9. The van der Waals surface area contributed by atoms with E-state index in [0.717, 1.165) is 22.3 Å². The van der Waals surface area contributed by atoms with Crippen LogP contribution < -0.4 is 5.32 Å². The van der Waals surface area contributed by atoms with Crippen LogP contribution in [-0.2, 0) is 22.3 Å². The molecular weight excluding hydrogens is 488 g/mol. The molecule has 0 spiro atoms. The van der Waals surface area contributed by atoms with Gasteiger partial charge in [-0.15, -0.1) is 0 Å². The second-order valence-corrected chi connectivity index (χ2v) is 12.5. The topological polar surface area (TPSA) is 95.0 Å². The minimum absolute atomic E-state index is 0.0588. The average Bonchev–Trinajstić information content (AvgIpc) is 3.20. The second-order valence-electron chi connectivity index (χ2n) is 10.3. The molecule has 9 heteroatoms. The minimum atomic E-state index is -1.32. The van der Waals surface area contributed by atoms with Crippen LogP contribution in [0.1, 0.15) is 60.4 Å². The number of benzene rings is 1. The third kappa shape index (κ3) is 7.24. The van der Waals surface area contributed by atoms with Gasteiger partial charge in [-0.3, -0.25) is 9.69 Å². The number of aliphatic hydroxyl groups is 1. The zero-order chi connectivity index (χ0) is 27.2. The number of methoxy groups -OCH3 is 1. The Morgan fingerprint density at radius 2 is 2.08 bits per heavy atom. The molecule has 0 radical (unpaired) electrons. The summed E-state index contributed by atoms with van der Waals surface area (Å²) >= 11 is 0. The highest BCUT2D eigenvalue weighted by molar-refractivity contribution is 7.84. The summed E-state index contributed by atoms with van der Waals surface area (Å²) in [5.74, 6) is 6.06. The molecule has 0 fully saturated rings. The first-order valence-corrected chi connectivity index (χ1v) is 13.5. The van der Waals surface area contributed by atoms with E-state index in [1.165, 1.54) is 0 Å². The van der Waals surface area contributed by atoms with Gasteiger partial charge in [0.05, 0.1) is 29.6 Å². The van der Waals surface area contributed by atoms with E-state index in [2.05, 4.69) is 17.2 Å².